The third-order valence-electron chi connectivity index (χ3n) is 3.17. The van der Waals surface area contributed by atoms with Crippen molar-refractivity contribution in [2.75, 3.05) is 45.2 Å². The minimum atomic E-state index is 0.576. The number of piperazine rings is 1. The van der Waals surface area contributed by atoms with Gasteiger partial charge in [0, 0.05) is 36.8 Å². The highest BCUT2D eigenvalue weighted by atomic mass is 16.5. The molecule has 0 saturated carbocycles. The third kappa shape index (κ3) is 2.67. The first-order valence-electron chi connectivity index (χ1n) is 5.91. The van der Waals surface area contributed by atoms with Gasteiger partial charge in [-0.15, -0.1) is 0 Å². The predicted molar refractivity (Wildman–Crippen MR) is 71.5 cm³/mol. The maximum absolute atomic E-state index is 8.43. The molecule has 0 unspecified atom stereocenters. The molecule has 96 valence electrons. The van der Waals surface area contributed by atoms with Crippen LogP contribution in [0.1, 0.15) is 0 Å². The molecule has 2 rings (SSSR count). The summed E-state index contributed by atoms with van der Waals surface area (Å²) in [6.45, 7) is 4.05. The summed E-state index contributed by atoms with van der Waals surface area (Å²) in [6.07, 6.45) is 0. The standard InChI is InChI=1S/C12H17N5O/c1-16-5-7-17(8-6-16)11-4-3-10(14-15-13)9-12(11)18-2/h3-4,9H,5-8H2,1-2H3. The lowest BCUT2D eigenvalue weighted by Crippen LogP contribution is -2.44. The second-order valence-corrected chi connectivity index (χ2v) is 4.34. The van der Waals surface area contributed by atoms with Gasteiger partial charge in [-0.25, -0.2) is 0 Å². The van der Waals surface area contributed by atoms with Gasteiger partial charge < -0.3 is 14.5 Å². The first-order valence-corrected chi connectivity index (χ1v) is 5.91. The number of likely N-dealkylation sites (N-methyl/N-ethyl adjacent to an activating group) is 1. The number of nitrogens with zero attached hydrogens (tertiary/aromatic N) is 5. The van der Waals surface area contributed by atoms with E-state index in [1.807, 2.05) is 12.1 Å². The summed E-state index contributed by atoms with van der Waals surface area (Å²) in [4.78, 5) is 7.38. The van der Waals surface area contributed by atoms with E-state index in [2.05, 4.69) is 26.9 Å². The first kappa shape index (κ1) is 12.5. The molecule has 0 bridgehead atoms. The Morgan fingerprint density at radius 1 is 1.28 bits per heavy atom. The largest absolute Gasteiger partial charge is 0.495 e. The van der Waals surface area contributed by atoms with Crippen molar-refractivity contribution in [1.29, 1.82) is 0 Å². The van der Waals surface area contributed by atoms with Crippen molar-refractivity contribution in [1.82, 2.24) is 4.90 Å². The number of anilines is 1. The second kappa shape index (κ2) is 5.62. The molecule has 0 N–H and O–H groups in total. The minimum Gasteiger partial charge on any atom is -0.495 e. The second-order valence-electron chi connectivity index (χ2n) is 4.34. The molecule has 6 nitrogen and oxygen atoms in total. The predicted octanol–water partition coefficient (Wildman–Crippen LogP) is 2.39. The van der Waals surface area contributed by atoms with Gasteiger partial charge in [0.15, 0.2) is 0 Å². The molecule has 0 spiro atoms. The number of benzene rings is 1. The highest BCUT2D eigenvalue weighted by Gasteiger charge is 2.17. The molecule has 1 saturated heterocycles. The smallest absolute Gasteiger partial charge is 0.142 e. The zero-order valence-corrected chi connectivity index (χ0v) is 10.7. The summed E-state index contributed by atoms with van der Waals surface area (Å²) in [5.41, 5.74) is 10.1. The van der Waals surface area contributed by atoms with Crippen molar-refractivity contribution in [3.05, 3.63) is 28.6 Å². The fourth-order valence-electron chi connectivity index (χ4n) is 2.09. The van der Waals surface area contributed by atoms with Crippen molar-refractivity contribution in [2.24, 2.45) is 5.11 Å². The van der Waals surface area contributed by atoms with Gasteiger partial charge in [-0.1, -0.05) is 11.2 Å². The van der Waals surface area contributed by atoms with Crippen molar-refractivity contribution < 1.29 is 4.74 Å². The fourth-order valence-corrected chi connectivity index (χ4v) is 2.09. The Morgan fingerprint density at radius 2 is 2.00 bits per heavy atom. The molecule has 1 aliphatic heterocycles. The summed E-state index contributed by atoms with van der Waals surface area (Å²) in [5.74, 6) is 0.754. The zero-order valence-electron chi connectivity index (χ0n) is 10.7. The summed E-state index contributed by atoms with van der Waals surface area (Å²) in [7, 11) is 3.76. The number of methoxy groups -OCH3 is 1. The van der Waals surface area contributed by atoms with Crippen molar-refractivity contribution in [2.45, 2.75) is 0 Å². The first-order chi connectivity index (χ1) is 8.74. The molecule has 6 heteroatoms. The lowest BCUT2D eigenvalue weighted by Gasteiger charge is -2.34. The van der Waals surface area contributed by atoms with Gasteiger partial charge in [-0.3, -0.25) is 0 Å². The SMILES string of the molecule is COc1cc(N=[N+]=[N-])ccc1N1CCN(C)CC1. The van der Waals surface area contributed by atoms with E-state index in [9.17, 15) is 0 Å². The zero-order chi connectivity index (χ0) is 13.0. The highest BCUT2D eigenvalue weighted by molar-refractivity contribution is 5.64. The molecular weight excluding hydrogens is 230 g/mol. The Bertz CT molecular complexity index is 462. The van der Waals surface area contributed by atoms with Crippen LogP contribution in [0.3, 0.4) is 0 Å². The van der Waals surface area contributed by atoms with Gasteiger partial charge >= 0.3 is 0 Å². The molecule has 0 radical (unpaired) electrons. The monoisotopic (exact) mass is 247 g/mol. The summed E-state index contributed by atoms with van der Waals surface area (Å²) in [5, 5.41) is 3.59. The Kier molecular flexibility index (Phi) is 3.92. The number of rotatable bonds is 3. The number of azide groups is 1. The highest BCUT2D eigenvalue weighted by Crippen LogP contribution is 2.32. The molecule has 1 aromatic rings. The van der Waals surface area contributed by atoms with Crippen LogP contribution in [0.2, 0.25) is 0 Å². The number of ether oxygens (including phenoxy) is 1. The van der Waals surface area contributed by atoms with Crippen LogP contribution in [-0.4, -0.2) is 45.2 Å². The third-order valence-corrected chi connectivity index (χ3v) is 3.17. The van der Waals surface area contributed by atoms with E-state index in [-0.39, 0.29) is 0 Å². The molecule has 0 atom stereocenters. The molecule has 1 aromatic carbocycles. The number of hydrogen-bond acceptors (Lipinski definition) is 4. The fraction of sp³-hybridized carbons (Fsp3) is 0.500. The van der Waals surface area contributed by atoms with Gasteiger partial charge in [-0.05, 0) is 24.7 Å². The normalized spacial score (nSPS) is 16.2. The Hall–Kier alpha value is -1.91. The molecule has 1 heterocycles. The van der Waals surface area contributed by atoms with E-state index in [0.717, 1.165) is 37.6 Å². The van der Waals surface area contributed by atoms with Gasteiger partial charge in [0.1, 0.15) is 5.75 Å². The van der Waals surface area contributed by atoms with Crippen LogP contribution in [0.5, 0.6) is 5.75 Å². The molecule has 0 amide bonds. The molecule has 0 aliphatic carbocycles. The average Bonchev–Trinajstić information content (AvgIpc) is 2.40. The Morgan fingerprint density at radius 3 is 2.61 bits per heavy atom. The molecular formula is C12H17N5O. The van der Waals surface area contributed by atoms with E-state index < -0.39 is 0 Å². The van der Waals surface area contributed by atoms with E-state index in [1.165, 1.54) is 0 Å². The van der Waals surface area contributed by atoms with Gasteiger partial charge in [0.2, 0.25) is 0 Å². The summed E-state index contributed by atoms with van der Waals surface area (Å²) < 4.78 is 5.37. The molecule has 1 fully saturated rings. The van der Waals surface area contributed by atoms with Gasteiger partial charge in [-0.2, -0.15) is 0 Å². The quantitative estimate of drug-likeness (QED) is 0.468. The van der Waals surface area contributed by atoms with Crippen LogP contribution < -0.4 is 9.64 Å². The topological polar surface area (TPSA) is 64.5 Å². The lowest BCUT2D eigenvalue weighted by molar-refractivity contribution is 0.311. The van der Waals surface area contributed by atoms with Gasteiger partial charge in [0.05, 0.1) is 12.8 Å². The van der Waals surface area contributed by atoms with E-state index >= 15 is 0 Å². The Balaban J connectivity index is 2.24. The van der Waals surface area contributed by atoms with Crippen LogP contribution in [0.25, 0.3) is 10.4 Å². The van der Waals surface area contributed by atoms with Crippen LogP contribution in [0.4, 0.5) is 11.4 Å². The van der Waals surface area contributed by atoms with Gasteiger partial charge in [0.25, 0.3) is 0 Å². The van der Waals surface area contributed by atoms with Crippen LogP contribution in [0, 0.1) is 0 Å². The summed E-state index contributed by atoms with van der Waals surface area (Å²) in [6, 6.07) is 5.54. The Labute approximate surface area is 106 Å². The van der Waals surface area contributed by atoms with Crippen molar-refractivity contribution in [3.8, 4) is 5.75 Å². The van der Waals surface area contributed by atoms with E-state index in [4.69, 9.17) is 10.3 Å². The molecule has 18 heavy (non-hydrogen) atoms. The van der Waals surface area contributed by atoms with Crippen LogP contribution >= 0.6 is 0 Å². The van der Waals surface area contributed by atoms with Crippen molar-refractivity contribution >= 4 is 11.4 Å². The number of hydrogen-bond donors (Lipinski definition) is 0. The van der Waals surface area contributed by atoms with Crippen molar-refractivity contribution in [3.63, 3.8) is 0 Å². The maximum Gasteiger partial charge on any atom is 0.142 e. The average molecular weight is 247 g/mol. The van der Waals surface area contributed by atoms with Crippen LogP contribution in [-0.2, 0) is 0 Å². The van der Waals surface area contributed by atoms with Crippen LogP contribution in [0.15, 0.2) is 23.3 Å². The maximum atomic E-state index is 8.43. The minimum absolute atomic E-state index is 0.576. The van der Waals surface area contributed by atoms with E-state index in [1.54, 1.807) is 13.2 Å². The van der Waals surface area contributed by atoms with E-state index in [0.29, 0.717) is 5.69 Å². The molecule has 1 aliphatic rings. The molecule has 0 aromatic heterocycles. The lowest BCUT2D eigenvalue weighted by atomic mass is 10.2. The summed E-state index contributed by atoms with van der Waals surface area (Å²) >= 11 is 0.